The Hall–Kier alpha value is -0.740. The third-order valence-corrected chi connectivity index (χ3v) is 3.73. The minimum Gasteiger partial charge on any atom is -0.311 e. The standard InChI is InChI=1S/C13H18ClN3S/c1-9-7-11-13(15-8-9)17(5-4-6-18-3)12(16-11)10(2)14/h7-8,10H,4-6H2,1-3H3. The SMILES string of the molecule is CSCCCn1c(C(C)Cl)nc2cc(C)cnc21. The maximum atomic E-state index is 6.22. The fourth-order valence-electron chi connectivity index (χ4n) is 2.02. The van der Waals surface area contributed by atoms with E-state index in [1.165, 1.54) is 0 Å². The number of pyridine rings is 1. The number of hydrogen-bond donors (Lipinski definition) is 0. The van der Waals surface area contributed by atoms with Gasteiger partial charge in [-0.2, -0.15) is 11.8 Å². The Morgan fingerprint density at radius 2 is 2.28 bits per heavy atom. The van der Waals surface area contributed by atoms with Crippen molar-refractivity contribution in [2.24, 2.45) is 0 Å². The first kappa shape index (κ1) is 13.7. The molecular formula is C13H18ClN3S. The summed E-state index contributed by atoms with van der Waals surface area (Å²) in [5.74, 6) is 2.06. The zero-order chi connectivity index (χ0) is 13.1. The Morgan fingerprint density at radius 3 is 2.94 bits per heavy atom. The lowest BCUT2D eigenvalue weighted by Gasteiger charge is -2.09. The molecule has 5 heteroatoms. The molecule has 98 valence electrons. The van der Waals surface area contributed by atoms with E-state index < -0.39 is 0 Å². The molecule has 0 N–H and O–H groups in total. The summed E-state index contributed by atoms with van der Waals surface area (Å²) in [5.41, 5.74) is 3.02. The van der Waals surface area contributed by atoms with Crippen LogP contribution in [0, 0.1) is 6.92 Å². The highest BCUT2D eigenvalue weighted by molar-refractivity contribution is 7.98. The zero-order valence-electron chi connectivity index (χ0n) is 11.0. The van der Waals surface area contributed by atoms with Gasteiger partial charge in [0.2, 0.25) is 0 Å². The summed E-state index contributed by atoms with van der Waals surface area (Å²) in [6.07, 6.45) is 5.12. The van der Waals surface area contributed by atoms with Crippen LogP contribution in [0.5, 0.6) is 0 Å². The summed E-state index contributed by atoms with van der Waals surface area (Å²) >= 11 is 8.07. The lowest BCUT2D eigenvalue weighted by molar-refractivity contribution is 0.654. The number of hydrogen-bond acceptors (Lipinski definition) is 3. The van der Waals surface area contributed by atoms with Gasteiger partial charge in [0.05, 0.1) is 5.38 Å². The van der Waals surface area contributed by atoms with Gasteiger partial charge in [0.1, 0.15) is 11.3 Å². The van der Waals surface area contributed by atoms with Crippen molar-refractivity contribution in [2.75, 3.05) is 12.0 Å². The van der Waals surface area contributed by atoms with Crippen molar-refractivity contribution < 1.29 is 0 Å². The van der Waals surface area contributed by atoms with E-state index >= 15 is 0 Å². The first-order chi connectivity index (χ1) is 8.63. The van der Waals surface area contributed by atoms with Crippen molar-refractivity contribution >= 4 is 34.5 Å². The molecule has 1 unspecified atom stereocenters. The molecule has 0 spiro atoms. The molecule has 0 aliphatic heterocycles. The van der Waals surface area contributed by atoms with Crippen molar-refractivity contribution in [3.05, 3.63) is 23.7 Å². The lowest BCUT2D eigenvalue weighted by Crippen LogP contribution is -2.06. The number of imidazole rings is 1. The van der Waals surface area contributed by atoms with E-state index in [-0.39, 0.29) is 5.38 Å². The lowest BCUT2D eigenvalue weighted by atomic mass is 10.3. The second kappa shape index (κ2) is 5.93. The third kappa shape index (κ3) is 2.81. The van der Waals surface area contributed by atoms with Crippen molar-refractivity contribution in [1.29, 1.82) is 0 Å². The molecule has 0 aliphatic carbocycles. The second-order valence-electron chi connectivity index (χ2n) is 4.44. The van der Waals surface area contributed by atoms with Gasteiger partial charge in [0.25, 0.3) is 0 Å². The number of thioether (sulfide) groups is 1. The fourth-order valence-corrected chi connectivity index (χ4v) is 2.60. The number of halogens is 1. The van der Waals surface area contributed by atoms with Crippen LogP contribution in [-0.2, 0) is 6.54 Å². The largest absolute Gasteiger partial charge is 0.311 e. The average molecular weight is 284 g/mol. The molecular weight excluding hydrogens is 266 g/mol. The average Bonchev–Trinajstić information content (AvgIpc) is 2.68. The Morgan fingerprint density at radius 1 is 1.50 bits per heavy atom. The van der Waals surface area contributed by atoms with Gasteiger partial charge < -0.3 is 4.57 Å². The Kier molecular flexibility index (Phi) is 4.51. The summed E-state index contributed by atoms with van der Waals surface area (Å²) < 4.78 is 2.16. The Balaban J connectivity index is 2.42. The number of aromatic nitrogens is 3. The van der Waals surface area contributed by atoms with E-state index in [0.717, 1.165) is 41.3 Å². The molecule has 0 saturated carbocycles. The minimum atomic E-state index is -0.0891. The molecule has 3 nitrogen and oxygen atoms in total. The van der Waals surface area contributed by atoms with Gasteiger partial charge in [0, 0.05) is 12.7 Å². The van der Waals surface area contributed by atoms with E-state index in [0.29, 0.717) is 0 Å². The highest BCUT2D eigenvalue weighted by Gasteiger charge is 2.15. The van der Waals surface area contributed by atoms with Crippen molar-refractivity contribution in [2.45, 2.75) is 32.2 Å². The quantitative estimate of drug-likeness (QED) is 0.618. The first-order valence-corrected chi connectivity index (χ1v) is 7.92. The number of nitrogens with zero attached hydrogens (tertiary/aromatic N) is 3. The second-order valence-corrected chi connectivity index (χ2v) is 6.08. The van der Waals surface area contributed by atoms with Gasteiger partial charge in [-0.25, -0.2) is 9.97 Å². The van der Waals surface area contributed by atoms with Crippen molar-refractivity contribution in [1.82, 2.24) is 14.5 Å². The molecule has 2 aromatic rings. The predicted molar refractivity (Wildman–Crippen MR) is 79.5 cm³/mol. The molecule has 0 saturated heterocycles. The van der Waals surface area contributed by atoms with Gasteiger partial charge in [0.15, 0.2) is 5.65 Å². The summed E-state index contributed by atoms with van der Waals surface area (Å²) in [6, 6.07) is 2.07. The van der Waals surface area contributed by atoms with E-state index in [2.05, 4.69) is 26.9 Å². The number of fused-ring (bicyclic) bond motifs is 1. The van der Waals surface area contributed by atoms with Crippen LogP contribution in [-0.4, -0.2) is 26.5 Å². The number of aryl methyl sites for hydroxylation is 2. The zero-order valence-corrected chi connectivity index (χ0v) is 12.6. The molecule has 2 aromatic heterocycles. The summed E-state index contributed by atoms with van der Waals surface area (Å²) in [5, 5.41) is -0.0891. The first-order valence-electron chi connectivity index (χ1n) is 6.09. The number of rotatable bonds is 5. The van der Waals surface area contributed by atoms with Crippen LogP contribution in [0.4, 0.5) is 0 Å². The molecule has 0 fully saturated rings. The molecule has 0 bridgehead atoms. The topological polar surface area (TPSA) is 30.7 Å². The van der Waals surface area contributed by atoms with Crippen LogP contribution in [0.25, 0.3) is 11.2 Å². The van der Waals surface area contributed by atoms with Crippen molar-refractivity contribution in [3.8, 4) is 0 Å². The minimum absolute atomic E-state index is 0.0891. The third-order valence-electron chi connectivity index (χ3n) is 2.84. The van der Waals surface area contributed by atoms with Gasteiger partial charge in [-0.15, -0.1) is 11.6 Å². The summed E-state index contributed by atoms with van der Waals surface area (Å²) in [7, 11) is 0. The highest BCUT2D eigenvalue weighted by Crippen LogP contribution is 2.24. The van der Waals surface area contributed by atoms with Gasteiger partial charge in [-0.3, -0.25) is 0 Å². The summed E-state index contributed by atoms with van der Waals surface area (Å²) in [6.45, 7) is 4.92. The predicted octanol–water partition coefficient (Wildman–Crippen LogP) is 3.79. The van der Waals surface area contributed by atoms with Crippen molar-refractivity contribution in [3.63, 3.8) is 0 Å². The Labute approximate surface area is 117 Å². The van der Waals surface area contributed by atoms with Crippen LogP contribution in [0.2, 0.25) is 0 Å². The molecule has 1 atom stereocenters. The molecule has 0 aromatic carbocycles. The summed E-state index contributed by atoms with van der Waals surface area (Å²) in [4.78, 5) is 9.11. The maximum Gasteiger partial charge on any atom is 0.160 e. The molecule has 0 radical (unpaired) electrons. The Bertz CT molecular complexity index is 536. The van der Waals surface area contributed by atoms with Crippen LogP contribution < -0.4 is 0 Å². The highest BCUT2D eigenvalue weighted by atomic mass is 35.5. The van der Waals surface area contributed by atoms with E-state index in [9.17, 15) is 0 Å². The van der Waals surface area contributed by atoms with E-state index in [1.807, 2.05) is 31.8 Å². The molecule has 2 rings (SSSR count). The van der Waals surface area contributed by atoms with Gasteiger partial charge >= 0.3 is 0 Å². The van der Waals surface area contributed by atoms with Crippen LogP contribution in [0.15, 0.2) is 12.3 Å². The number of alkyl halides is 1. The van der Waals surface area contributed by atoms with E-state index in [1.54, 1.807) is 0 Å². The smallest absolute Gasteiger partial charge is 0.160 e. The monoisotopic (exact) mass is 283 g/mol. The molecule has 0 aliphatic rings. The van der Waals surface area contributed by atoms with Gasteiger partial charge in [-0.05, 0) is 43.9 Å². The normalized spacial score (nSPS) is 13.1. The van der Waals surface area contributed by atoms with Crippen LogP contribution >= 0.6 is 23.4 Å². The van der Waals surface area contributed by atoms with E-state index in [4.69, 9.17) is 11.6 Å². The van der Waals surface area contributed by atoms with Gasteiger partial charge in [-0.1, -0.05) is 0 Å². The molecule has 18 heavy (non-hydrogen) atoms. The van der Waals surface area contributed by atoms with Crippen LogP contribution in [0.3, 0.4) is 0 Å². The van der Waals surface area contributed by atoms with Crippen LogP contribution in [0.1, 0.15) is 30.1 Å². The molecule has 0 amide bonds. The molecule has 2 heterocycles. The fraction of sp³-hybridized carbons (Fsp3) is 0.538. The maximum absolute atomic E-state index is 6.22.